The van der Waals surface area contributed by atoms with Gasteiger partial charge < -0.3 is 9.52 Å². The molecule has 5 heteroatoms. The lowest BCUT2D eigenvalue weighted by Crippen LogP contribution is -2.01. The number of nitrogens with zero attached hydrogens (tertiary/aromatic N) is 1. The van der Waals surface area contributed by atoms with E-state index >= 15 is 0 Å². The number of fused-ring (bicyclic) bond motifs is 1. The van der Waals surface area contributed by atoms with Crippen LogP contribution in [0.25, 0.3) is 20.9 Å². The van der Waals surface area contributed by atoms with Crippen LogP contribution < -0.4 is 0 Å². The van der Waals surface area contributed by atoms with Gasteiger partial charge in [0.05, 0.1) is 10.6 Å². The molecule has 102 valence electrons. The fourth-order valence-electron chi connectivity index (χ4n) is 2.07. The predicted octanol–water partition coefficient (Wildman–Crippen LogP) is 4.38. The second-order valence-corrected chi connectivity index (χ2v) is 5.93. The largest absolute Gasteiger partial charge is 0.475 e. The first-order valence-corrected chi connectivity index (χ1v) is 7.11. The Morgan fingerprint density at radius 2 is 2.10 bits per heavy atom. The van der Waals surface area contributed by atoms with Gasteiger partial charge in [-0.2, -0.15) is 0 Å². The standard InChI is InChI=1S/C15H13NO3S/c1-8(2)12-13(15(17)18)19-14(16-12)11-7-9-5-3-4-6-10(9)20-11/h3-8H,1-2H3,(H,17,18). The van der Waals surface area contributed by atoms with Crippen LogP contribution in [-0.4, -0.2) is 16.1 Å². The number of carbonyl (C=O) groups is 1. The summed E-state index contributed by atoms with van der Waals surface area (Å²) in [7, 11) is 0. The molecule has 3 rings (SSSR count). The molecule has 3 aromatic rings. The Balaban J connectivity index is 2.14. The lowest BCUT2D eigenvalue weighted by atomic mass is 10.1. The Morgan fingerprint density at radius 1 is 1.35 bits per heavy atom. The van der Waals surface area contributed by atoms with E-state index in [9.17, 15) is 9.90 Å². The first-order valence-electron chi connectivity index (χ1n) is 6.29. The SMILES string of the molecule is CC(C)c1nc(-c2cc3ccccc3s2)oc1C(=O)O. The summed E-state index contributed by atoms with van der Waals surface area (Å²) in [4.78, 5) is 16.4. The summed E-state index contributed by atoms with van der Waals surface area (Å²) in [5, 5.41) is 10.3. The van der Waals surface area contributed by atoms with E-state index in [-0.39, 0.29) is 11.7 Å². The molecule has 0 saturated carbocycles. The highest BCUT2D eigenvalue weighted by molar-refractivity contribution is 7.22. The fourth-order valence-corrected chi connectivity index (χ4v) is 3.06. The van der Waals surface area contributed by atoms with Crippen molar-refractivity contribution in [3.8, 4) is 10.8 Å². The molecule has 0 aliphatic rings. The van der Waals surface area contributed by atoms with Gasteiger partial charge in [0.25, 0.3) is 0 Å². The third-order valence-corrected chi connectivity index (χ3v) is 4.13. The third-order valence-electron chi connectivity index (χ3n) is 3.03. The van der Waals surface area contributed by atoms with Gasteiger partial charge in [-0.05, 0) is 23.4 Å². The summed E-state index contributed by atoms with van der Waals surface area (Å²) in [5.41, 5.74) is 0.491. The highest BCUT2D eigenvalue weighted by atomic mass is 32.1. The van der Waals surface area contributed by atoms with Gasteiger partial charge in [-0.25, -0.2) is 9.78 Å². The summed E-state index contributed by atoms with van der Waals surface area (Å²) in [6.45, 7) is 3.80. The Morgan fingerprint density at radius 3 is 2.70 bits per heavy atom. The Hall–Kier alpha value is -2.14. The highest BCUT2D eigenvalue weighted by Crippen LogP contribution is 2.34. The van der Waals surface area contributed by atoms with Crippen LogP contribution in [0, 0.1) is 0 Å². The van der Waals surface area contributed by atoms with Gasteiger partial charge in [0.1, 0.15) is 0 Å². The zero-order valence-corrected chi connectivity index (χ0v) is 11.9. The first-order chi connectivity index (χ1) is 9.56. The Kier molecular flexibility index (Phi) is 3.06. The third kappa shape index (κ3) is 2.10. The van der Waals surface area contributed by atoms with Gasteiger partial charge in [-0.15, -0.1) is 11.3 Å². The van der Waals surface area contributed by atoms with Crippen LogP contribution in [0.2, 0.25) is 0 Å². The number of oxazole rings is 1. The molecule has 0 unspecified atom stereocenters. The van der Waals surface area contributed by atoms with E-state index in [2.05, 4.69) is 4.98 Å². The first kappa shape index (κ1) is 12.9. The number of hydrogen-bond acceptors (Lipinski definition) is 4. The minimum absolute atomic E-state index is 0.00739. The molecule has 0 aliphatic heterocycles. The number of carboxylic acid groups (broad SMARTS) is 1. The van der Waals surface area contributed by atoms with Crippen molar-refractivity contribution < 1.29 is 14.3 Å². The van der Waals surface area contributed by atoms with Crippen LogP contribution in [0.1, 0.15) is 36.0 Å². The van der Waals surface area contributed by atoms with E-state index in [1.165, 1.54) is 0 Å². The van der Waals surface area contributed by atoms with Crippen molar-refractivity contribution in [3.05, 3.63) is 41.8 Å². The van der Waals surface area contributed by atoms with Crippen molar-refractivity contribution in [3.63, 3.8) is 0 Å². The van der Waals surface area contributed by atoms with Crippen LogP contribution in [0.4, 0.5) is 0 Å². The smallest absolute Gasteiger partial charge is 0.373 e. The summed E-state index contributed by atoms with van der Waals surface area (Å²) in [5.74, 6) is -0.749. The van der Waals surface area contributed by atoms with Crippen LogP contribution in [0.3, 0.4) is 0 Å². The maximum absolute atomic E-state index is 11.2. The van der Waals surface area contributed by atoms with Crippen molar-refractivity contribution in [2.45, 2.75) is 19.8 Å². The lowest BCUT2D eigenvalue weighted by molar-refractivity contribution is 0.0661. The molecule has 0 saturated heterocycles. The minimum atomic E-state index is -1.08. The second-order valence-electron chi connectivity index (χ2n) is 4.84. The molecular formula is C15H13NO3S. The topological polar surface area (TPSA) is 63.3 Å². The molecule has 4 nitrogen and oxygen atoms in total. The van der Waals surface area contributed by atoms with Crippen LogP contribution >= 0.6 is 11.3 Å². The summed E-state index contributed by atoms with van der Waals surface area (Å²) in [6, 6.07) is 9.95. The monoisotopic (exact) mass is 287 g/mol. The van der Waals surface area contributed by atoms with Gasteiger partial charge >= 0.3 is 5.97 Å². The maximum Gasteiger partial charge on any atom is 0.373 e. The van der Waals surface area contributed by atoms with Crippen molar-refractivity contribution >= 4 is 27.4 Å². The number of carboxylic acids is 1. The zero-order chi connectivity index (χ0) is 14.3. The average molecular weight is 287 g/mol. The van der Waals surface area contributed by atoms with Crippen molar-refractivity contribution in [2.24, 2.45) is 0 Å². The number of benzene rings is 1. The molecule has 2 heterocycles. The van der Waals surface area contributed by atoms with Gasteiger partial charge in [0, 0.05) is 4.70 Å². The normalized spacial score (nSPS) is 11.3. The van der Waals surface area contributed by atoms with Crippen molar-refractivity contribution in [1.29, 1.82) is 0 Å². The van der Waals surface area contributed by atoms with E-state index in [0.29, 0.717) is 11.6 Å². The fraction of sp³-hybridized carbons (Fsp3) is 0.200. The molecule has 2 aromatic heterocycles. The molecule has 0 atom stereocenters. The van der Waals surface area contributed by atoms with E-state index in [0.717, 1.165) is 15.0 Å². The van der Waals surface area contributed by atoms with Gasteiger partial charge in [0.2, 0.25) is 11.7 Å². The molecule has 0 aliphatic carbocycles. The summed E-state index contributed by atoms with van der Waals surface area (Å²) >= 11 is 1.55. The molecular weight excluding hydrogens is 274 g/mol. The molecule has 0 radical (unpaired) electrons. The number of aromatic nitrogens is 1. The van der Waals surface area contributed by atoms with Crippen molar-refractivity contribution in [2.75, 3.05) is 0 Å². The van der Waals surface area contributed by atoms with E-state index in [1.54, 1.807) is 11.3 Å². The molecule has 0 bridgehead atoms. The Bertz CT molecular complexity index is 752. The van der Waals surface area contributed by atoms with E-state index in [1.807, 2.05) is 44.2 Å². The quantitative estimate of drug-likeness (QED) is 0.776. The lowest BCUT2D eigenvalue weighted by Gasteiger charge is -1.98. The second kappa shape index (κ2) is 4.76. The van der Waals surface area contributed by atoms with Crippen LogP contribution in [-0.2, 0) is 0 Å². The molecule has 1 N–H and O–H groups in total. The Labute approximate surface area is 119 Å². The minimum Gasteiger partial charge on any atom is -0.475 e. The molecule has 0 spiro atoms. The summed E-state index contributed by atoms with van der Waals surface area (Å²) in [6.07, 6.45) is 0. The number of hydrogen-bond donors (Lipinski definition) is 1. The molecule has 0 fully saturated rings. The van der Waals surface area contributed by atoms with E-state index in [4.69, 9.17) is 4.42 Å². The van der Waals surface area contributed by atoms with E-state index < -0.39 is 5.97 Å². The van der Waals surface area contributed by atoms with Gasteiger partial charge in [0.15, 0.2) is 0 Å². The zero-order valence-electron chi connectivity index (χ0n) is 11.1. The molecule has 20 heavy (non-hydrogen) atoms. The molecule has 0 amide bonds. The van der Waals surface area contributed by atoms with Crippen molar-refractivity contribution in [1.82, 2.24) is 4.98 Å². The number of rotatable bonds is 3. The molecule has 1 aromatic carbocycles. The van der Waals surface area contributed by atoms with Crippen LogP contribution in [0.15, 0.2) is 34.7 Å². The van der Waals surface area contributed by atoms with Gasteiger partial charge in [-0.3, -0.25) is 0 Å². The number of thiophene rings is 1. The highest BCUT2D eigenvalue weighted by Gasteiger charge is 2.23. The predicted molar refractivity (Wildman–Crippen MR) is 78.4 cm³/mol. The maximum atomic E-state index is 11.2. The number of aromatic carboxylic acids is 1. The van der Waals surface area contributed by atoms with Gasteiger partial charge in [-0.1, -0.05) is 32.0 Å². The van der Waals surface area contributed by atoms with Crippen LogP contribution in [0.5, 0.6) is 0 Å². The summed E-state index contributed by atoms with van der Waals surface area (Å²) < 4.78 is 6.58. The average Bonchev–Trinajstić information content (AvgIpc) is 3.02.